The van der Waals surface area contributed by atoms with Crippen LogP contribution in [0.25, 0.3) is 0 Å². The van der Waals surface area contributed by atoms with Crippen molar-refractivity contribution in [2.45, 2.75) is 0 Å². The van der Waals surface area contributed by atoms with Crippen molar-refractivity contribution in [1.29, 1.82) is 0 Å². The lowest BCUT2D eigenvalue weighted by molar-refractivity contribution is 0.0697. The van der Waals surface area contributed by atoms with Crippen molar-refractivity contribution < 1.29 is 14.6 Å². The Bertz CT molecular complexity index is 323. The molecule has 0 aliphatic heterocycles. The second-order valence-electron chi connectivity index (χ2n) is 2.47. The van der Waals surface area contributed by atoms with Crippen LogP contribution in [0.1, 0.15) is 10.4 Å². The summed E-state index contributed by atoms with van der Waals surface area (Å²) in [5, 5.41) is 11.6. The Balaban J connectivity index is 3.13. The Hall–Kier alpha value is -1.71. The Labute approximate surface area is 76.1 Å². The van der Waals surface area contributed by atoms with Gasteiger partial charge in [-0.15, -0.1) is 0 Å². The zero-order valence-corrected chi connectivity index (χ0v) is 7.50. The Morgan fingerprint density at radius 1 is 1.54 bits per heavy atom. The molecule has 0 fully saturated rings. The van der Waals surface area contributed by atoms with Crippen molar-refractivity contribution in [3.63, 3.8) is 0 Å². The van der Waals surface area contributed by atoms with Crippen LogP contribution in [0.3, 0.4) is 0 Å². The van der Waals surface area contributed by atoms with Gasteiger partial charge in [0.05, 0.1) is 18.4 Å². The minimum absolute atomic E-state index is 0.241. The van der Waals surface area contributed by atoms with Gasteiger partial charge in [-0.25, -0.2) is 4.79 Å². The number of aromatic carboxylic acids is 1. The first-order valence-corrected chi connectivity index (χ1v) is 3.78. The number of carboxylic acids is 1. The van der Waals surface area contributed by atoms with Crippen LogP contribution >= 0.6 is 0 Å². The van der Waals surface area contributed by atoms with E-state index in [0.717, 1.165) is 0 Å². The molecule has 0 bridgehead atoms. The second kappa shape index (κ2) is 3.80. The van der Waals surface area contributed by atoms with E-state index in [0.29, 0.717) is 11.4 Å². The fourth-order valence-corrected chi connectivity index (χ4v) is 1.04. The third-order valence-electron chi connectivity index (χ3n) is 1.72. The number of hydrogen-bond acceptors (Lipinski definition) is 3. The maximum Gasteiger partial charge on any atom is 0.335 e. The van der Waals surface area contributed by atoms with Gasteiger partial charge in [-0.05, 0) is 18.2 Å². The van der Waals surface area contributed by atoms with Gasteiger partial charge in [0.15, 0.2) is 0 Å². The van der Waals surface area contributed by atoms with E-state index in [-0.39, 0.29) is 5.56 Å². The van der Waals surface area contributed by atoms with Crippen LogP contribution in [0.4, 0.5) is 5.69 Å². The maximum atomic E-state index is 10.6. The first-order chi connectivity index (χ1) is 6.19. The minimum Gasteiger partial charge on any atom is -0.495 e. The van der Waals surface area contributed by atoms with Crippen LogP contribution in [0.15, 0.2) is 18.2 Å². The van der Waals surface area contributed by atoms with Gasteiger partial charge in [-0.3, -0.25) is 0 Å². The van der Waals surface area contributed by atoms with Gasteiger partial charge in [0.1, 0.15) is 5.75 Å². The van der Waals surface area contributed by atoms with E-state index >= 15 is 0 Å². The molecule has 0 aromatic heterocycles. The Morgan fingerprint density at radius 2 is 2.23 bits per heavy atom. The van der Waals surface area contributed by atoms with E-state index in [2.05, 4.69) is 5.32 Å². The van der Waals surface area contributed by atoms with Crippen molar-refractivity contribution in [2.24, 2.45) is 0 Å². The Kier molecular flexibility index (Phi) is 2.74. The number of ether oxygens (including phenoxy) is 1. The van der Waals surface area contributed by atoms with Gasteiger partial charge in [0.2, 0.25) is 0 Å². The summed E-state index contributed by atoms with van der Waals surface area (Å²) in [5.74, 6) is -0.313. The summed E-state index contributed by atoms with van der Waals surface area (Å²) in [6, 6.07) is 4.65. The highest BCUT2D eigenvalue weighted by Crippen LogP contribution is 2.24. The standard InChI is InChI=1S/C9H11NO3/c1-10-7-5-6(9(11)12)3-4-8(7)13-2/h3-5,10H,1-2H3,(H,11,12). The van der Waals surface area contributed by atoms with Gasteiger partial charge in [0.25, 0.3) is 0 Å². The molecular weight excluding hydrogens is 170 g/mol. The zero-order valence-electron chi connectivity index (χ0n) is 7.50. The lowest BCUT2D eigenvalue weighted by Crippen LogP contribution is -1.99. The van der Waals surface area contributed by atoms with Crippen molar-refractivity contribution in [3.8, 4) is 5.75 Å². The zero-order chi connectivity index (χ0) is 9.84. The van der Waals surface area contributed by atoms with Crippen molar-refractivity contribution in [2.75, 3.05) is 19.5 Å². The van der Waals surface area contributed by atoms with Crippen LogP contribution in [0.5, 0.6) is 5.75 Å². The lowest BCUT2D eigenvalue weighted by atomic mass is 10.2. The first kappa shape index (κ1) is 9.38. The average Bonchev–Trinajstić information content (AvgIpc) is 2.16. The van der Waals surface area contributed by atoms with Gasteiger partial charge in [0, 0.05) is 7.05 Å². The number of rotatable bonds is 3. The molecule has 1 aromatic rings. The molecule has 0 spiro atoms. The molecule has 4 nitrogen and oxygen atoms in total. The number of hydrogen-bond donors (Lipinski definition) is 2. The summed E-state index contributed by atoms with van der Waals surface area (Å²) in [5.41, 5.74) is 0.910. The average molecular weight is 181 g/mol. The molecule has 0 aliphatic rings. The molecule has 0 saturated heterocycles. The number of methoxy groups -OCH3 is 1. The molecule has 13 heavy (non-hydrogen) atoms. The molecule has 1 rings (SSSR count). The highest BCUT2D eigenvalue weighted by molar-refractivity contribution is 5.89. The molecule has 70 valence electrons. The number of carbonyl (C=O) groups is 1. The van der Waals surface area contributed by atoms with Crippen LogP contribution in [-0.2, 0) is 0 Å². The van der Waals surface area contributed by atoms with E-state index in [1.54, 1.807) is 13.1 Å². The topological polar surface area (TPSA) is 58.6 Å². The summed E-state index contributed by atoms with van der Waals surface area (Å²) < 4.78 is 5.02. The fourth-order valence-electron chi connectivity index (χ4n) is 1.04. The molecule has 0 heterocycles. The summed E-state index contributed by atoms with van der Waals surface area (Å²) >= 11 is 0. The quantitative estimate of drug-likeness (QED) is 0.740. The Morgan fingerprint density at radius 3 is 2.69 bits per heavy atom. The summed E-state index contributed by atoms with van der Waals surface area (Å²) in [7, 11) is 3.25. The van der Waals surface area contributed by atoms with Gasteiger partial charge < -0.3 is 15.2 Å². The third kappa shape index (κ3) is 1.90. The van der Waals surface area contributed by atoms with E-state index in [4.69, 9.17) is 9.84 Å². The van der Waals surface area contributed by atoms with Gasteiger partial charge in [-0.1, -0.05) is 0 Å². The summed E-state index contributed by atoms with van der Waals surface area (Å²) in [6.45, 7) is 0. The van der Waals surface area contributed by atoms with Crippen LogP contribution in [0.2, 0.25) is 0 Å². The fraction of sp³-hybridized carbons (Fsp3) is 0.222. The maximum absolute atomic E-state index is 10.6. The largest absolute Gasteiger partial charge is 0.495 e. The molecule has 0 aliphatic carbocycles. The second-order valence-corrected chi connectivity index (χ2v) is 2.47. The molecule has 0 saturated carbocycles. The van der Waals surface area contributed by atoms with E-state index < -0.39 is 5.97 Å². The van der Waals surface area contributed by atoms with E-state index in [9.17, 15) is 4.79 Å². The highest BCUT2D eigenvalue weighted by Gasteiger charge is 2.06. The molecule has 1 aromatic carbocycles. The minimum atomic E-state index is -0.945. The highest BCUT2D eigenvalue weighted by atomic mass is 16.5. The first-order valence-electron chi connectivity index (χ1n) is 3.78. The summed E-state index contributed by atoms with van der Waals surface area (Å²) in [6.07, 6.45) is 0. The SMILES string of the molecule is CNc1cc(C(=O)O)ccc1OC. The molecule has 0 atom stereocenters. The smallest absolute Gasteiger partial charge is 0.335 e. The predicted molar refractivity (Wildman–Crippen MR) is 49.5 cm³/mol. The van der Waals surface area contributed by atoms with Gasteiger partial charge >= 0.3 is 5.97 Å². The predicted octanol–water partition coefficient (Wildman–Crippen LogP) is 1.44. The van der Waals surface area contributed by atoms with E-state index in [1.165, 1.54) is 19.2 Å². The lowest BCUT2D eigenvalue weighted by Gasteiger charge is -2.07. The molecule has 0 unspecified atom stereocenters. The van der Waals surface area contributed by atoms with Gasteiger partial charge in [-0.2, -0.15) is 0 Å². The van der Waals surface area contributed by atoms with Crippen molar-refractivity contribution >= 4 is 11.7 Å². The molecule has 0 amide bonds. The summed E-state index contributed by atoms with van der Waals surface area (Å²) in [4.78, 5) is 10.6. The molecule has 0 radical (unpaired) electrons. The number of nitrogens with one attached hydrogen (secondary N) is 1. The monoisotopic (exact) mass is 181 g/mol. The number of benzene rings is 1. The third-order valence-corrected chi connectivity index (χ3v) is 1.72. The van der Waals surface area contributed by atoms with Crippen molar-refractivity contribution in [1.82, 2.24) is 0 Å². The van der Waals surface area contributed by atoms with E-state index in [1.807, 2.05) is 0 Å². The van der Waals surface area contributed by atoms with Crippen molar-refractivity contribution in [3.05, 3.63) is 23.8 Å². The van der Waals surface area contributed by atoms with Crippen LogP contribution in [-0.4, -0.2) is 25.2 Å². The number of anilines is 1. The molecule has 2 N–H and O–H groups in total. The molecule has 4 heteroatoms. The van der Waals surface area contributed by atoms with Crippen LogP contribution in [0, 0.1) is 0 Å². The van der Waals surface area contributed by atoms with Crippen LogP contribution < -0.4 is 10.1 Å². The molecular formula is C9H11NO3. The number of carboxylic acid groups (broad SMARTS) is 1. The normalized spacial score (nSPS) is 9.38.